The van der Waals surface area contributed by atoms with E-state index in [2.05, 4.69) is 21.7 Å². The highest BCUT2D eigenvalue weighted by molar-refractivity contribution is 7.07. The summed E-state index contributed by atoms with van der Waals surface area (Å²) >= 11 is 1.72. The van der Waals surface area contributed by atoms with Crippen molar-refractivity contribution in [1.29, 1.82) is 0 Å². The van der Waals surface area contributed by atoms with Crippen molar-refractivity contribution in [1.82, 2.24) is 9.80 Å². The van der Waals surface area contributed by atoms with Crippen LogP contribution >= 0.6 is 11.3 Å². The molecule has 7 heteroatoms. The van der Waals surface area contributed by atoms with Crippen LogP contribution < -0.4 is 14.2 Å². The first-order chi connectivity index (χ1) is 14.2. The maximum absolute atomic E-state index is 13.2. The van der Waals surface area contributed by atoms with Crippen LogP contribution in [-0.4, -0.2) is 61.7 Å². The minimum atomic E-state index is 0.00476. The summed E-state index contributed by atoms with van der Waals surface area (Å²) in [6.45, 7) is 11.3. The van der Waals surface area contributed by atoms with E-state index in [9.17, 15) is 4.79 Å². The van der Waals surface area contributed by atoms with Gasteiger partial charge in [0.2, 0.25) is 5.75 Å². The number of ether oxygens (including phenoxy) is 3. The summed E-state index contributed by atoms with van der Waals surface area (Å²) in [5.74, 6) is 1.68. The van der Waals surface area contributed by atoms with E-state index in [1.165, 1.54) is 5.56 Å². The molecule has 0 aliphatic carbocycles. The van der Waals surface area contributed by atoms with Crippen LogP contribution in [0.2, 0.25) is 0 Å². The van der Waals surface area contributed by atoms with Crippen LogP contribution in [0.25, 0.3) is 0 Å². The Kier molecular flexibility index (Phi) is 7.77. The van der Waals surface area contributed by atoms with E-state index in [1.54, 1.807) is 23.5 Å². The van der Waals surface area contributed by atoms with Gasteiger partial charge in [-0.15, -0.1) is 0 Å². The SMILES string of the molecule is CCOc1cc(C(=O)N2CCN(Cc3ccsc3)CC2)cc(OCC)c1OCC. The van der Waals surface area contributed by atoms with E-state index in [0.29, 0.717) is 55.7 Å². The fraction of sp³-hybridized carbons (Fsp3) is 0.500. The Hall–Kier alpha value is -2.25. The quantitative estimate of drug-likeness (QED) is 0.618. The molecule has 0 saturated carbocycles. The van der Waals surface area contributed by atoms with Crippen LogP contribution in [-0.2, 0) is 6.54 Å². The largest absolute Gasteiger partial charge is 0.490 e. The highest BCUT2D eigenvalue weighted by atomic mass is 32.1. The lowest BCUT2D eigenvalue weighted by Crippen LogP contribution is -2.48. The first kappa shape index (κ1) is 21.5. The van der Waals surface area contributed by atoms with Crippen LogP contribution in [0.3, 0.4) is 0 Å². The van der Waals surface area contributed by atoms with E-state index >= 15 is 0 Å². The number of hydrogen-bond acceptors (Lipinski definition) is 6. The number of piperazine rings is 1. The predicted molar refractivity (Wildman–Crippen MR) is 115 cm³/mol. The van der Waals surface area contributed by atoms with Gasteiger partial charge < -0.3 is 19.1 Å². The minimum Gasteiger partial charge on any atom is -0.490 e. The number of hydrogen-bond donors (Lipinski definition) is 0. The molecule has 6 nitrogen and oxygen atoms in total. The van der Waals surface area contributed by atoms with Gasteiger partial charge >= 0.3 is 0 Å². The molecule has 1 aliphatic heterocycles. The highest BCUT2D eigenvalue weighted by Crippen LogP contribution is 2.39. The van der Waals surface area contributed by atoms with Gasteiger partial charge in [0.25, 0.3) is 5.91 Å². The summed E-state index contributed by atoms with van der Waals surface area (Å²) in [6, 6.07) is 5.71. The number of amides is 1. The molecule has 0 atom stereocenters. The lowest BCUT2D eigenvalue weighted by Gasteiger charge is -2.34. The molecular weight excluding hydrogens is 388 g/mol. The molecule has 0 spiro atoms. The molecule has 1 aromatic heterocycles. The Morgan fingerprint density at radius 1 is 0.966 bits per heavy atom. The molecule has 1 amide bonds. The summed E-state index contributed by atoms with van der Waals surface area (Å²) < 4.78 is 17.2. The Morgan fingerprint density at radius 2 is 1.59 bits per heavy atom. The normalized spacial score (nSPS) is 14.7. The van der Waals surface area contributed by atoms with Crippen molar-refractivity contribution in [3.05, 3.63) is 40.1 Å². The molecule has 2 heterocycles. The zero-order valence-corrected chi connectivity index (χ0v) is 18.3. The van der Waals surface area contributed by atoms with Crippen molar-refractivity contribution in [2.45, 2.75) is 27.3 Å². The Bertz CT molecular complexity index is 759. The van der Waals surface area contributed by atoms with Crippen molar-refractivity contribution < 1.29 is 19.0 Å². The molecule has 2 aromatic rings. The van der Waals surface area contributed by atoms with Gasteiger partial charge in [0.1, 0.15) is 0 Å². The zero-order valence-electron chi connectivity index (χ0n) is 17.5. The van der Waals surface area contributed by atoms with Gasteiger partial charge in [-0.3, -0.25) is 9.69 Å². The monoisotopic (exact) mass is 418 g/mol. The number of benzene rings is 1. The van der Waals surface area contributed by atoms with E-state index < -0.39 is 0 Å². The standard InChI is InChI=1S/C22H30N2O4S/c1-4-26-19-13-18(14-20(27-5-2)21(19)28-6-3)22(25)24-10-8-23(9-11-24)15-17-7-12-29-16-17/h7,12-14,16H,4-6,8-11,15H2,1-3H3. The van der Waals surface area contributed by atoms with Crippen molar-refractivity contribution >= 4 is 17.2 Å². The second-order valence-corrected chi connectivity index (χ2v) is 7.58. The molecule has 1 saturated heterocycles. The zero-order chi connectivity index (χ0) is 20.6. The molecule has 1 fully saturated rings. The van der Waals surface area contributed by atoms with Crippen LogP contribution in [0.5, 0.6) is 17.2 Å². The van der Waals surface area contributed by atoms with Crippen LogP contribution in [0.15, 0.2) is 29.0 Å². The van der Waals surface area contributed by atoms with Crippen molar-refractivity contribution in [3.8, 4) is 17.2 Å². The predicted octanol–water partition coefficient (Wildman–Crippen LogP) is 3.90. The third kappa shape index (κ3) is 5.42. The van der Waals surface area contributed by atoms with Crippen molar-refractivity contribution in [2.24, 2.45) is 0 Å². The van der Waals surface area contributed by atoms with Crippen LogP contribution in [0.4, 0.5) is 0 Å². The summed E-state index contributed by atoms with van der Waals surface area (Å²) in [4.78, 5) is 17.5. The van der Waals surface area contributed by atoms with Gasteiger partial charge in [0, 0.05) is 38.3 Å². The average molecular weight is 419 g/mol. The molecule has 1 aromatic carbocycles. The third-order valence-corrected chi connectivity index (χ3v) is 5.53. The van der Waals surface area contributed by atoms with Crippen LogP contribution in [0.1, 0.15) is 36.7 Å². The highest BCUT2D eigenvalue weighted by Gasteiger charge is 2.25. The first-order valence-electron chi connectivity index (χ1n) is 10.2. The molecule has 29 heavy (non-hydrogen) atoms. The Labute approximate surface area is 177 Å². The first-order valence-corrected chi connectivity index (χ1v) is 11.2. The average Bonchev–Trinajstić information content (AvgIpc) is 3.23. The summed E-state index contributed by atoms with van der Waals surface area (Å²) in [6.07, 6.45) is 0. The second-order valence-electron chi connectivity index (χ2n) is 6.80. The molecule has 0 unspecified atom stereocenters. The van der Waals surface area contributed by atoms with E-state index in [4.69, 9.17) is 14.2 Å². The summed E-state index contributed by atoms with van der Waals surface area (Å²) in [5.41, 5.74) is 1.91. The summed E-state index contributed by atoms with van der Waals surface area (Å²) in [7, 11) is 0. The molecule has 0 bridgehead atoms. The topological polar surface area (TPSA) is 51.2 Å². The number of carbonyl (C=O) groups is 1. The summed E-state index contributed by atoms with van der Waals surface area (Å²) in [5, 5.41) is 4.29. The van der Waals surface area contributed by atoms with Gasteiger partial charge in [0.05, 0.1) is 19.8 Å². The Morgan fingerprint density at radius 3 is 2.10 bits per heavy atom. The third-order valence-electron chi connectivity index (χ3n) is 4.80. The number of carbonyl (C=O) groups excluding carboxylic acids is 1. The molecule has 3 rings (SSSR count). The smallest absolute Gasteiger partial charge is 0.254 e. The van der Waals surface area contributed by atoms with Crippen LogP contribution in [0, 0.1) is 0 Å². The van der Waals surface area contributed by atoms with E-state index in [1.807, 2.05) is 25.7 Å². The fourth-order valence-corrected chi connectivity index (χ4v) is 4.10. The second kappa shape index (κ2) is 10.5. The van der Waals surface area contributed by atoms with Gasteiger partial charge in [-0.1, -0.05) is 0 Å². The molecule has 0 radical (unpaired) electrons. The molecule has 0 N–H and O–H groups in total. The minimum absolute atomic E-state index is 0.00476. The maximum atomic E-state index is 13.2. The number of nitrogens with zero attached hydrogens (tertiary/aromatic N) is 2. The fourth-order valence-electron chi connectivity index (χ4n) is 3.44. The van der Waals surface area contributed by atoms with Gasteiger partial charge in [-0.05, 0) is 55.3 Å². The Balaban J connectivity index is 1.72. The molecule has 158 valence electrons. The maximum Gasteiger partial charge on any atom is 0.254 e. The molecule has 1 aliphatic rings. The van der Waals surface area contributed by atoms with E-state index in [0.717, 1.165) is 19.6 Å². The number of rotatable bonds is 9. The van der Waals surface area contributed by atoms with Gasteiger partial charge in [-0.25, -0.2) is 0 Å². The van der Waals surface area contributed by atoms with Crippen molar-refractivity contribution in [3.63, 3.8) is 0 Å². The van der Waals surface area contributed by atoms with E-state index in [-0.39, 0.29) is 5.91 Å². The molecular formula is C22H30N2O4S. The van der Waals surface area contributed by atoms with Crippen molar-refractivity contribution in [2.75, 3.05) is 46.0 Å². The van der Waals surface area contributed by atoms with Gasteiger partial charge in [0.15, 0.2) is 11.5 Å². The lowest BCUT2D eigenvalue weighted by atomic mass is 10.1. The number of thiophene rings is 1. The van der Waals surface area contributed by atoms with Gasteiger partial charge in [-0.2, -0.15) is 11.3 Å². The lowest BCUT2D eigenvalue weighted by molar-refractivity contribution is 0.0627.